The summed E-state index contributed by atoms with van der Waals surface area (Å²) in [6, 6.07) is 10.3. The van der Waals surface area contributed by atoms with Gasteiger partial charge in [0.2, 0.25) is 11.8 Å². The first-order valence-electron chi connectivity index (χ1n) is 9.95. The Morgan fingerprint density at radius 3 is 2.74 bits per heavy atom. The van der Waals surface area contributed by atoms with E-state index in [0.29, 0.717) is 24.8 Å². The van der Waals surface area contributed by atoms with Gasteiger partial charge in [-0.1, -0.05) is 44.2 Å². The second kappa shape index (κ2) is 7.33. The number of benzene rings is 1. The van der Waals surface area contributed by atoms with Gasteiger partial charge < -0.3 is 14.3 Å². The highest BCUT2D eigenvalue weighted by Gasteiger charge is 2.42. The molecular weight excluding hydrogens is 340 g/mol. The van der Waals surface area contributed by atoms with E-state index >= 15 is 0 Å². The zero-order valence-corrected chi connectivity index (χ0v) is 16.2. The Hall–Kier alpha value is -2.37. The highest BCUT2D eigenvalue weighted by molar-refractivity contribution is 5.77. The van der Waals surface area contributed by atoms with E-state index in [-0.39, 0.29) is 17.2 Å². The van der Waals surface area contributed by atoms with Gasteiger partial charge in [0.15, 0.2) is 0 Å². The Morgan fingerprint density at radius 2 is 2.00 bits per heavy atom. The van der Waals surface area contributed by atoms with Crippen molar-refractivity contribution in [3.8, 4) is 0 Å². The minimum Gasteiger partial charge on any atom is -0.338 e. The van der Waals surface area contributed by atoms with E-state index in [9.17, 15) is 4.79 Å². The average Bonchev–Trinajstić information content (AvgIpc) is 3.17. The van der Waals surface area contributed by atoms with Crippen molar-refractivity contribution in [2.75, 3.05) is 24.5 Å². The summed E-state index contributed by atoms with van der Waals surface area (Å²) in [6.45, 7) is 7.47. The Bertz CT molecular complexity index is 788. The molecule has 1 spiro atoms. The standard InChI is InChI=1S/C21H28N4O2/c1-16(2)19-22-20(23-27-19)24-12-6-10-21(14-24)11-9-18(26)25(15-21)13-17-7-4-3-5-8-17/h3-5,7-8,16H,6,9-15H2,1-2H3/t21-/m0/s1. The molecule has 0 radical (unpaired) electrons. The number of rotatable bonds is 4. The summed E-state index contributed by atoms with van der Waals surface area (Å²) in [6.07, 6.45) is 3.82. The molecule has 0 unspecified atom stereocenters. The highest BCUT2D eigenvalue weighted by atomic mass is 16.5. The molecule has 1 aromatic heterocycles. The molecule has 2 fully saturated rings. The van der Waals surface area contributed by atoms with Gasteiger partial charge >= 0.3 is 0 Å². The SMILES string of the molecule is CC(C)c1nc(N2CCC[C@]3(CCC(=O)N(Cc4ccccc4)C3)C2)no1. The lowest BCUT2D eigenvalue weighted by Gasteiger charge is -2.48. The third-order valence-electron chi connectivity index (χ3n) is 5.83. The van der Waals surface area contributed by atoms with Gasteiger partial charge in [-0.15, -0.1) is 0 Å². The van der Waals surface area contributed by atoms with Crippen LogP contribution < -0.4 is 4.90 Å². The molecule has 2 aliphatic heterocycles. The molecular formula is C21H28N4O2. The molecule has 6 heteroatoms. The average molecular weight is 368 g/mol. The number of aromatic nitrogens is 2. The van der Waals surface area contributed by atoms with Gasteiger partial charge in [0, 0.05) is 43.9 Å². The molecule has 1 aromatic carbocycles. The number of piperidine rings is 2. The Labute approximate surface area is 160 Å². The number of hydrogen-bond acceptors (Lipinski definition) is 5. The number of carbonyl (C=O) groups is 1. The molecule has 0 bridgehead atoms. The summed E-state index contributed by atoms with van der Waals surface area (Å²) in [5.41, 5.74) is 1.31. The zero-order chi connectivity index (χ0) is 18.9. The smallest absolute Gasteiger partial charge is 0.266 e. The topological polar surface area (TPSA) is 62.5 Å². The summed E-state index contributed by atoms with van der Waals surface area (Å²) in [4.78, 5) is 21.4. The molecule has 2 aliphatic rings. The summed E-state index contributed by atoms with van der Waals surface area (Å²) >= 11 is 0. The monoisotopic (exact) mass is 368 g/mol. The van der Waals surface area contributed by atoms with E-state index in [1.165, 1.54) is 5.56 Å². The van der Waals surface area contributed by atoms with Crippen molar-refractivity contribution in [2.45, 2.75) is 52.0 Å². The minimum atomic E-state index is 0.125. The summed E-state index contributed by atoms with van der Waals surface area (Å²) < 4.78 is 5.40. The van der Waals surface area contributed by atoms with Crippen LogP contribution in [0.4, 0.5) is 5.95 Å². The third-order valence-corrected chi connectivity index (χ3v) is 5.83. The van der Waals surface area contributed by atoms with Crippen molar-refractivity contribution in [3.05, 3.63) is 41.8 Å². The van der Waals surface area contributed by atoms with Crippen LogP contribution in [0, 0.1) is 5.41 Å². The molecule has 1 atom stereocenters. The number of hydrogen-bond donors (Lipinski definition) is 0. The fourth-order valence-corrected chi connectivity index (χ4v) is 4.35. The fraction of sp³-hybridized carbons (Fsp3) is 0.571. The molecule has 4 rings (SSSR count). The highest BCUT2D eigenvalue weighted by Crippen LogP contribution is 2.40. The van der Waals surface area contributed by atoms with Crippen LogP contribution in [0.5, 0.6) is 0 Å². The first-order chi connectivity index (χ1) is 13.0. The molecule has 144 valence electrons. The summed E-state index contributed by atoms with van der Waals surface area (Å²) in [7, 11) is 0. The van der Waals surface area contributed by atoms with Crippen LogP contribution in [0.3, 0.4) is 0 Å². The lowest BCUT2D eigenvalue weighted by atomic mass is 9.73. The second-order valence-corrected chi connectivity index (χ2v) is 8.35. The van der Waals surface area contributed by atoms with Crippen LogP contribution in [0.25, 0.3) is 0 Å². The first kappa shape index (κ1) is 18.0. The van der Waals surface area contributed by atoms with Gasteiger partial charge in [-0.05, 0) is 30.0 Å². The van der Waals surface area contributed by atoms with Gasteiger partial charge in [-0.3, -0.25) is 4.79 Å². The maximum Gasteiger partial charge on any atom is 0.266 e. The lowest BCUT2D eigenvalue weighted by Crippen LogP contribution is -2.54. The lowest BCUT2D eigenvalue weighted by molar-refractivity contribution is -0.138. The maximum absolute atomic E-state index is 12.5. The van der Waals surface area contributed by atoms with Crippen LogP contribution in [-0.2, 0) is 11.3 Å². The molecule has 2 saturated heterocycles. The summed E-state index contributed by atoms with van der Waals surface area (Å²) in [5, 5.41) is 4.20. The van der Waals surface area contributed by atoms with E-state index in [1.54, 1.807) is 0 Å². The van der Waals surface area contributed by atoms with Gasteiger partial charge in [-0.25, -0.2) is 0 Å². The van der Waals surface area contributed by atoms with Crippen LogP contribution in [0.2, 0.25) is 0 Å². The van der Waals surface area contributed by atoms with Crippen molar-refractivity contribution in [3.63, 3.8) is 0 Å². The molecule has 2 aromatic rings. The van der Waals surface area contributed by atoms with E-state index in [1.807, 2.05) is 23.1 Å². The predicted molar refractivity (Wildman–Crippen MR) is 103 cm³/mol. The first-order valence-corrected chi connectivity index (χ1v) is 9.95. The van der Waals surface area contributed by atoms with Crippen molar-refractivity contribution in [1.82, 2.24) is 15.0 Å². The summed E-state index contributed by atoms with van der Waals surface area (Å²) in [5.74, 6) is 1.89. The second-order valence-electron chi connectivity index (χ2n) is 8.35. The van der Waals surface area contributed by atoms with E-state index in [0.717, 1.165) is 38.9 Å². The van der Waals surface area contributed by atoms with Gasteiger partial charge in [0.25, 0.3) is 5.95 Å². The van der Waals surface area contributed by atoms with Gasteiger partial charge in [-0.2, -0.15) is 4.98 Å². The molecule has 0 saturated carbocycles. The molecule has 3 heterocycles. The Balaban J connectivity index is 1.48. The normalized spacial score (nSPS) is 23.4. The van der Waals surface area contributed by atoms with E-state index in [2.05, 4.69) is 41.0 Å². The van der Waals surface area contributed by atoms with E-state index < -0.39 is 0 Å². The van der Waals surface area contributed by atoms with Gasteiger partial charge in [0.05, 0.1) is 0 Å². The van der Waals surface area contributed by atoms with Gasteiger partial charge in [0.1, 0.15) is 0 Å². The number of anilines is 1. The molecule has 27 heavy (non-hydrogen) atoms. The largest absolute Gasteiger partial charge is 0.338 e. The van der Waals surface area contributed by atoms with Crippen LogP contribution in [0.15, 0.2) is 34.9 Å². The molecule has 1 amide bonds. The van der Waals surface area contributed by atoms with E-state index in [4.69, 9.17) is 4.52 Å². The van der Waals surface area contributed by atoms with Crippen molar-refractivity contribution < 1.29 is 9.32 Å². The number of amides is 1. The van der Waals surface area contributed by atoms with Crippen molar-refractivity contribution >= 4 is 11.9 Å². The molecule has 0 aliphatic carbocycles. The van der Waals surface area contributed by atoms with Crippen molar-refractivity contribution in [2.24, 2.45) is 5.41 Å². The molecule has 6 nitrogen and oxygen atoms in total. The predicted octanol–water partition coefficient (Wildman–Crippen LogP) is 3.60. The number of nitrogens with zero attached hydrogens (tertiary/aromatic N) is 4. The minimum absolute atomic E-state index is 0.125. The molecule has 0 N–H and O–H groups in total. The van der Waals surface area contributed by atoms with Crippen molar-refractivity contribution in [1.29, 1.82) is 0 Å². The fourth-order valence-electron chi connectivity index (χ4n) is 4.35. The Morgan fingerprint density at radius 1 is 1.19 bits per heavy atom. The number of likely N-dealkylation sites (tertiary alicyclic amines) is 1. The third kappa shape index (κ3) is 3.84. The zero-order valence-electron chi connectivity index (χ0n) is 16.2. The Kier molecular flexibility index (Phi) is 4.89. The van der Waals surface area contributed by atoms with Crippen LogP contribution in [0.1, 0.15) is 56.9 Å². The van der Waals surface area contributed by atoms with Crippen LogP contribution in [-0.4, -0.2) is 40.6 Å². The maximum atomic E-state index is 12.5. The van der Waals surface area contributed by atoms with Crippen LogP contribution >= 0.6 is 0 Å². The number of carbonyl (C=O) groups excluding carboxylic acids is 1. The quantitative estimate of drug-likeness (QED) is 0.825.